The lowest BCUT2D eigenvalue weighted by Crippen LogP contribution is -2.01. The van der Waals surface area contributed by atoms with E-state index in [1.165, 1.54) is 16.0 Å². The zero-order valence-electron chi connectivity index (χ0n) is 12.1. The molecule has 2 nitrogen and oxygen atoms in total. The van der Waals surface area contributed by atoms with Gasteiger partial charge >= 0.3 is 0 Å². The Balaban J connectivity index is 1.41. The lowest BCUT2D eigenvalue weighted by atomic mass is 10.0. The molecule has 2 heterocycles. The molecule has 0 saturated carbocycles. The summed E-state index contributed by atoms with van der Waals surface area (Å²) >= 11 is 1.77. The zero-order chi connectivity index (χ0) is 14.5. The minimum atomic E-state index is 0.378. The van der Waals surface area contributed by atoms with E-state index in [1.807, 2.05) is 6.07 Å². The van der Waals surface area contributed by atoms with Crippen LogP contribution in [0.3, 0.4) is 0 Å². The summed E-state index contributed by atoms with van der Waals surface area (Å²) in [5.74, 6) is 1.39. The number of fused-ring (bicyclic) bond motifs is 1. The van der Waals surface area contributed by atoms with Crippen molar-refractivity contribution >= 4 is 17.1 Å². The summed E-state index contributed by atoms with van der Waals surface area (Å²) in [6.45, 7) is 0.792. The Morgan fingerprint density at radius 3 is 3.00 bits per heavy atom. The van der Waals surface area contributed by atoms with Gasteiger partial charge < -0.3 is 4.74 Å². The van der Waals surface area contributed by atoms with Crippen LogP contribution in [0.1, 0.15) is 35.3 Å². The number of benzene rings is 1. The summed E-state index contributed by atoms with van der Waals surface area (Å²) in [7, 11) is 0. The molecule has 1 aromatic heterocycles. The molecule has 21 heavy (non-hydrogen) atoms. The number of hydrogen-bond donors (Lipinski definition) is 0. The highest BCUT2D eigenvalue weighted by Crippen LogP contribution is 2.26. The maximum atomic E-state index is 12.0. The van der Waals surface area contributed by atoms with Crippen molar-refractivity contribution in [2.45, 2.75) is 38.5 Å². The van der Waals surface area contributed by atoms with Gasteiger partial charge in [0.25, 0.3) is 0 Å². The topological polar surface area (TPSA) is 26.3 Å². The molecule has 0 atom stereocenters. The van der Waals surface area contributed by atoms with Crippen molar-refractivity contribution < 1.29 is 9.53 Å². The van der Waals surface area contributed by atoms with Crippen molar-refractivity contribution in [2.24, 2.45) is 0 Å². The SMILES string of the molecule is O=C(CCCc1cccs1)CCc1ccc2c(c1)CCO2. The second-order valence-corrected chi connectivity index (χ2v) is 6.54. The van der Waals surface area contributed by atoms with Crippen molar-refractivity contribution in [3.63, 3.8) is 0 Å². The quantitative estimate of drug-likeness (QED) is 0.765. The third kappa shape index (κ3) is 3.94. The van der Waals surface area contributed by atoms with Crippen LogP contribution in [0.2, 0.25) is 0 Å². The van der Waals surface area contributed by atoms with Crippen molar-refractivity contribution in [2.75, 3.05) is 6.61 Å². The maximum Gasteiger partial charge on any atom is 0.133 e. The fourth-order valence-electron chi connectivity index (χ4n) is 2.72. The summed E-state index contributed by atoms with van der Waals surface area (Å²) in [6, 6.07) is 10.5. The number of rotatable bonds is 7. The van der Waals surface area contributed by atoms with Gasteiger partial charge in [-0.3, -0.25) is 4.79 Å². The predicted octanol–water partition coefficient (Wildman–Crippen LogP) is 4.21. The predicted molar refractivity (Wildman–Crippen MR) is 86.2 cm³/mol. The van der Waals surface area contributed by atoms with Gasteiger partial charge in [-0.1, -0.05) is 18.2 Å². The molecule has 0 N–H and O–H groups in total. The van der Waals surface area contributed by atoms with Crippen LogP contribution < -0.4 is 4.74 Å². The molecular formula is C18H20O2S. The molecule has 0 fully saturated rings. The van der Waals surface area contributed by atoms with Crippen molar-refractivity contribution in [3.05, 3.63) is 51.7 Å². The Hall–Kier alpha value is -1.61. The molecular weight excluding hydrogens is 280 g/mol. The Kier molecular flexibility index (Phi) is 4.71. The monoisotopic (exact) mass is 300 g/mol. The number of hydrogen-bond acceptors (Lipinski definition) is 3. The molecule has 0 spiro atoms. The van der Waals surface area contributed by atoms with Gasteiger partial charge in [-0.05, 0) is 47.9 Å². The van der Waals surface area contributed by atoms with Gasteiger partial charge in [-0.2, -0.15) is 0 Å². The van der Waals surface area contributed by atoms with Crippen molar-refractivity contribution in [1.82, 2.24) is 0 Å². The molecule has 110 valence electrons. The Morgan fingerprint density at radius 2 is 2.14 bits per heavy atom. The summed E-state index contributed by atoms with van der Waals surface area (Å²) in [5.41, 5.74) is 2.54. The largest absolute Gasteiger partial charge is 0.493 e. The summed E-state index contributed by atoms with van der Waals surface area (Å²) in [6.07, 6.45) is 5.20. The number of ketones is 1. The van der Waals surface area contributed by atoms with Crippen LogP contribution in [0.5, 0.6) is 5.75 Å². The molecule has 3 heteroatoms. The average molecular weight is 300 g/mol. The first-order valence-electron chi connectivity index (χ1n) is 7.60. The molecule has 2 aromatic rings. The number of Topliss-reactive ketones (excluding diaryl/α,β-unsaturated/α-hetero) is 1. The second-order valence-electron chi connectivity index (χ2n) is 5.51. The lowest BCUT2D eigenvalue weighted by molar-refractivity contribution is -0.119. The number of carbonyl (C=O) groups is 1. The molecule has 0 aliphatic carbocycles. The minimum Gasteiger partial charge on any atom is -0.493 e. The number of ether oxygens (including phenoxy) is 1. The van der Waals surface area contributed by atoms with Crippen LogP contribution in [-0.2, 0) is 24.1 Å². The van der Waals surface area contributed by atoms with Gasteiger partial charge in [0.15, 0.2) is 0 Å². The number of thiophene rings is 1. The molecule has 3 rings (SSSR count). The van der Waals surface area contributed by atoms with Crippen LogP contribution in [0, 0.1) is 0 Å². The third-order valence-electron chi connectivity index (χ3n) is 3.91. The van der Waals surface area contributed by atoms with Gasteiger partial charge in [0.1, 0.15) is 11.5 Å². The lowest BCUT2D eigenvalue weighted by Gasteiger charge is -2.04. The molecule has 0 bridgehead atoms. The third-order valence-corrected chi connectivity index (χ3v) is 4.84. The molecule has 0 unspecified atom stereocenters. The van der Waals surface area contributed by atoms with Gasteiger partial charge in [0, 0.05) is 24.1 Å². The van der Waals surface area contributed by atoms with Crippen molar-refractivity contribution in [3.8, 4) is 5.75 Å². The first-order chi connectivity index (χ1) is 10.3. The van der Waals surface area contributed by atoms with E-state index >= 15 is 0 Å². The molecule has 0 amide bonds. The molecule has 0 saturated heterocycles. The summed E-state index contributed by atoms with van der Waals surface area (Å²) in [5, 5.41) is 2.09. The van der Waals surface area contributed by atoms with Gasteiger partial charge in [0.2, 0.25) is 0 Å². The standard InChI is InChI=1S/C18H20O2S/c19-16(3-1-4-17-5-2-12-21-17)8-6-14-7-9-18-15(13-14)10-11-20-18/h2,5,7,9,12-13H,1,3-4,6,8,10-11H2. The number of carbonyl (C=O) groups excluding carboxylic acids is 1. The molecule has 0 radical (unpaired) electrons. The second kappa shape index (κ2) is 6.90. The van der Waals surface area contributed by atoms with E-state index < -0.39 is 0 Å². The van der Waals surface area contributed by atoms with E-state index in [4.69, 9.17) is 4.74 Å². The first-order valence-corrected chi connectivity index (χ1v) is 8.48. The average Bonchev–Trinajstić information content (AvgIpc) is 3.15. The van der Waals surface area contributed by atoms with Gasteiger partial charge in [0.05, 0.1) is 6.61 Å². The minimum absolute atomic E-state index is 0.378. The zero-order valence-corrected chi connectivity index (χ0v) is 13.0. The van der Waals surface area contributed by atoms with E-state index in [2.05, 4.69) is 29.6 Å². The highest BCUT2D eigenvalue weighted by Gasteiger charge is 2.12. The van der Waals surface area contributed by atoms with E-state index in [0.717, 1.165) is 38.0 Å². The Bertz CT molecular complexity index is 602. The summed E-state index contributed by atoms with van der Waals surface area (Å²) < 4.78 is 5.50. The first kappa shape index (κ1) is 14.3. The fraction of sp³-hybridized carbons (Fsp3) is 0.389. The van der Waals surface area contributed by atoms with E-state index in [0.29, 0.717) is 18.6 Å². The number of aryl methyl sites for hydroxylation is 2. The molecule has 1 aromatic carbocycles. The highest BCUT2D eigenvalue weighted by atomic mass is 32.1. The van der Waals surface area contributed by atoms with Crippen LogP contribution in [0.25, 0.3) is 0 Å². The van der Waals surface area contributed by atoms with E-state index in [1.54, 1.807) is 11.3 Å². The van der Waals surface area contributed by atoms with E-state index in [-0.39, 0.29) is 0 Å². The van der Waals surface area contributed by atoms with Gasteiger partial charge in [-0.15, -0.1) is 11.3 Å². The fourth-order valence-corrected chi connectivity index (χ4v) is 3.47. The Morgan fingerprint density at radius 1 is 1.19 bits per heavy atom. The van der Waals surface area contributed by atoms with Crippen LogP contribution in [0.4, 0.5) is 0 Å². The van der Waals surface area contributed by atoms with Crippen LogP contribution in [0.15, 0.2) is 35.7 Å². The van der Waals surface area contributed by atoms with Crippen LogP contribution >= 0.6 is 11.3 Å². The normalized spacial score (nSPS) is 13.0. The van der Waals surface area contributed by atoms with Crippen LogP contribution in [-0.4, -0.2) is 12.4 Å². The smallest absolute Gasteiger partial charge is 0.133 e. The highest BCUT2D eigenvalue weighted by molar-refractivity contribution is 7.09. The Labute approximate surface area is 129 Å². The maximum absolute atomic E-state index is 12.0. The molecule has 1 aliphatic heterocycles. The van der Waals surface area contributed by atoms with E-state index in [9.17, 15) is 4.79 Å². The van der Waals surface area contributed by atoms with Crippen molar-refractivity contribution in [1.29, 1.82) is 0 Å². The van der Waals surface area contributed by atoms with Gasteiger partial charge in [-0.25, -0.2) is 0 Å². The summed E-state index contributed by atoms with van der Waals surface area (Å²) in [4.78, 5) is 13.3. The molecule has 1 aliphatic rings.